The second-order valence-corrected chi connectivity index (χ2v) is 7.22. The first-order chi connectivity index (χ1) is 13.9. The largest absolute Gasteiger partial charge is 0.457 e. The van der Waals surface area contributed by atoms with Gasteiger partial charge in [-0.2, -0.15) is 5.26 Å². The van der Waals surface area contributed by atoms with Crippen molar-refractivity contribution in [2.24, 2.45) is 0 Å². The molecule has 3 aromatic rings. The number of furan rings is 1. The molecule has 0 radical (unpaired) electrons. The molecule has 0 aliphatic carbocycles. The van der Waals surface area contributed by atoms with Crippen molar-refractivity contribution in [3.8, 4) is 17.4 Å². The number of carbonyl (C=O) groups is 1. The van der Waals surface area contributed by atoms with Gasteiger partial charge in [0.15, 0.2) is 0 Å². The molecule has 0 spiro atoms. The van der Waals surface area contributed by atoms with Gasteiger partial charge < -0.3 is 9.73 Å². The second kappa shape index (κ2) is 8.70. The fourth-order valence-electron chi connectivity index (χ4n) is 2.66. The van der Waals surface area contributed by atoms with Crippen LogP contribution in [0.2, 0.25) is 0 Å². The highest BCUT2D eigenvalue weighted by Gasteiger charge is 2.14. The van der Waals surface area contributed by atoms with Gasteiger partial charge in [-0.05, 0) is 65.4 Å². The Hall–Kier alpha value is -3.45. The molecule has 0 aliphatic heterocycles. The van der Waals surface area contributed by atoms with E-state index in [1.807, 2.05) is 18.2 Å². The van der Waals surface area contributed by atoms with Crippen molar-refractivity contribution in [1.29, 1.82) is 5.26 Å². The van der Waals surface area contributed by atoms with Crippen LogP contribution in [0.3, 0.4) is 0 Å². The maximum absolute atomic E-state index is 12.4. The van der Waals surface area contributed by atoms with E-state index >= 15 is 0 Å². The molecule has 144 valence electrons. The minimum absolute atomic E-state index is 0.00286. The number of para-hydroxylation sites is 1. The monoisotopic (exact) mass is 499 g/mol. The van der Waals surface area contributed by atoms with Crippen LogP contribution in [0, 0.1) is 31.9 Å². The number of aryl methyl sites for hydroxylation is 1. The summed E-state index contributed by atoms with van der Waals surface area (Å²) in [4.78, 5) is 22.8. The van der Waals surface area contributed by atoms with Gasteiger partial charge in [-0.3, -0.25) is 14.9 Å². The fraction of sp³-hybridized carbons (Fsp3) is 0.0476. The number of nitro groups is 1. The van der Waals surface area contributed by atoms with Gasteiger partial charge in [0.25, 0.3) is 11.6 Å². The van der Waals surface area contributed by atoms with Crippen LogP contribution in [-0.2, 0) is 4.79 Å². The highest BCUT2D eigenvalue weighted by atomic mass is 127. The maximum atomic E-state index is 12.4. The number of hydrogen-bond acceptors (Lipinski definition) is 5. The SMILES string of the molecule is Cc1cc([N+](=O)[O-])ccc1-c1ccc(/C=C(/C#N)C(=O)Nc2ccccc2I)o1. The molecule has 0 aliphatic rings. The number of carbonyl (C=O) groups excluding carboxylic acids is 1. The third-order valence-corrected chi connectivity index (χ3v) is 5.03. The third-order valence-electron chi connectivity index (χ3n) is 4.09. The highest BCUT2D eigenvalue weighted by Crippen LogP contribution is 2.29. The molecule has 1 amide bonds. The Morgan fingerprint density at radius 3 is 2.66 bits per heavy atom. The zero-order valence-corrected chi connectivity index (χ0v) is 17.3. The molecule has 0 fully saturated rings. The number of nitrogens with zero attached hydrogens (tertiary/aromatic N) is 2. The number of anilines is 1. The summed E-state index contributed by atoms with van der Waals surface area (Å²) in [6.07, 6.45) is 1.36. The summed E-state index contributed by atoms with van der Waals surface area (Å²) in [5.41, 5.74) is 1.88. The van der Waals surface area contributed by atoms with Crippen LogP contribution in [0.25, 0.3) is 17.4 Å². The first kappa shape index (κ1) is 20.3. The zero-order chi connectivity index (χ0) is 21.0. The van der Waals surface area contributed by atoms with E-state index in [0.29, 0.717) is 28.3 Å². The predicted octanol–water partition coefficient (Wildman–Crippen LogP) is 5.31. The van der Waals surface area contributed by atoms with E-state index in [1.54, 1.807) is 37.3 Å². The number of non-ortho nitro benzene ring substituents is 1. The Morgan fingerprint density at radius 1 is 1.24 bits per heavy atom. The van der Waals surface area contributed by atoms with E-state index in [2.05, 4.69) is 27.9 Å². The van der Waals surface area contributed by atoms with E-state index in [1.165, 1.54) is 18.2 Å². The summed E-state index contributed by atoms with van der Waals surface area (Å²) < 4.78 is 6.58. The van der Waals surface area contributed by atoms with Crippen LogP contribution >= 0.6 is 22.6 Å². The van der Waals surface area contributed by atoms with Crippen molar-refractivity contribution in [2.75, 3.05) is 5.32 Å². The van der Waals surface area contributed by atoms with E-state index in [-0.39, 0.29) is 11.3 Å². The number of halogens is 1. The number of nitro benzene ring substituents is 1. The molecule has 0 saturated carbocycles. The van der Waals surface area contributed by atoms with Crippen LogP contribution in [0.5, 0.6) is 0 Å². The Morgan fingerprint density at radius 2 is 2.00 bits per heavy atom. The smallest absolute Gasteiger partial charge is 0.269 e. The molecule has 0 saturated heterocycles. The van der Waals surface area contributed by atoms with Gasteiger partial charge in [0.1, 0.15) is 23.2 Å². The minimum atomic E-state index is -0.541. The summed E-state index contributed by atoms with van der Waals surface area (Å²) >= 11 is 2.09. The van der Waals surface area contributed by atoms with Crippen molar-refractivity contribution in [3.63, 3.8) is 0 Å². The molecule has 29 heavy (non-hydrogen) atoms. The minimum Gasteiger partial charge on any atom is -0.457 e. The molecular formula is C21H14IN3O4. The van der Waals surface area contributed by atoms with Crippen LogP contribution in [0.1, 0.15) is 11.3 Å². The summed E-state index contributed by atoms with van der Waals surface area (Å²) in [7, 11) is 0. The van der Waals surface area contributed by atoms with Gasteiger partial charge in [-0.1, -0.05) is 12.1 Å². The quantitative estimate of drug-likeness (QED) is 0.168. The molecular weight excluding hydrogens is 485 g/mol. The fourth-order valence-corrected chi connectivity index (χ4v) is 3.18. The molecule has 0 atom stereocenters. The highest BCUT2D eigenvalue weighted by molar-refractivity contribution is 14.1. The van der Waals surface area contributed by atoms with Gasteiger partial charge in [0, 0.05) is 27.3 Å². The molecule has 2 aromatic carbocycles. The normalized spacial score (nSPS) is 11.0. The lowest BCUT2D eigenvalue weighted by Gasteiger charge is -2.06. The number of nitrogens with one attached hydrogen (secondary N) is 1. The molecule has 1 heterocycles. The summed E-state index contributed by atoms with van der Waals surface area (Å²) in [6, 6.07) is 16.9. The predicted molar refractivity (Wildman–Crippen MR) is 117 cm³/mol. The summed E-state index contributed by atoms with van der Waals surface area (Å²) in [5, 5.41) is 23.0. The van der Waals surface area contributed by atoms with Gasteiger partial charge in [0.05, 0.1) is 10.6 Å². The standard InChI is InChI=1S/C21H14IN3O4/c1-13-10-15(25(27)28)6-8-17(13)20-9-7-16(29-20)11-14(12-23)21(26)24-19-5-3-2-4-18(19)22/h2-11H,1H3,(H,24,26)/b14-11-. The number of hydrogen-bond donors (Lipinski definition) is 1. The number of nitriles is 1. The molecule has 1 N–H and O–H groups in total. The van der Waals surface area contributed by atoms with Gasteiger partial charge >= 0.3 is 0 Å². The lowest BCUT2D eigenvalue weighted by Crippen LogP contribution is -2.14. The van der Waals surface area contributed by atoms with Crippen molar-refractivity contribution in [3.05, 3.63) is 85.2 Å². The van der Waals surface area contributed by atoms with Gasteiger partial charge in [-0.15, -0.1) is 0 Å². The van der Waals surface area contributed by atoms with Crippen LogP contribution in [0.15, 0.2) is 64.6 Å². The van der Waals surface area contributed by atoms with E-state index in [0.717, 1.165) is 3.57 Å². The van der Waals surface area contributed by atoms with Crippen LogP contribution in [0.4, 0.5) is 11.4 Å². The Bertz CT molecular complexity index is 1170. The van der Waals surface area contributed by atoms with Crippen molar-refractivity contribution >= 4 is 45.9 Å². The van der Waals surface area contributed by atoms with Gasteiger partial charge in [-0.25, -0.2) is 0 Å². The molecule has 3 rings (SSSR count). The van der Waals surface area contributed by atoms with E-state index in [9.17, 15) is 20.2 Å². The molecule has 0 bridgehead atoms. The summed E-state index contributed by atoms with van der Waals surface area (Å²) in [6.45, 7) is 1.75. The van der Waals surface area contributed by atoms with Crippen molar-refractivity contribution in [1.82, 2.24) is 0 Å². The first-order valence-electron chi connectivity index (χ1n) is 8.42. The van der Waals surface area contributed by atoms with Crippen molar-refractivity contribution < 1.29 is 14.1 Å². The Labute approximate surface area is 179 Å². The lowest BCUT2D eigenvalue weighted by atomic mass is 10.1. The number of rotatable bonds is 5. The molecule has 8 heteroatoms. The van der Waals surface area contributed by atoms with Crippen LogP contribution in [-0.4, -0.2) is 10.8 Å². The maximum Gasteiger partial charge on any atom is 0.269 e. The molecule has 1 aromatic heterocycles. The number of amides is 1. The zero-order valence-electron chi connectivity index (χ0n) is 15.2. The van der Waals surface area contributed by atoms with E-state index in [4.69, 9.17) is 4.42 Å². The Kier molecular flexibility index (Phi) is 6.09. The van der Waals surface area contributed by atoms with E-state index < -0.39 is 10.8 Å². The third kappa shape index (κ3) is 4.70. The first-order valence-corrected chi connectivity index (χ1v) is 9.50. The molecule has 7 nitrogen and oxygen atoms in total. The second-order valence-electron chi connectivity index (χ2n) is 6.06. The lowest BCUT2D eigenvalue weighted by molar-refractivity contribution is -0.384. The van der Waals surface area contributed by atoms with Gasteiger partial charge in [0.2, 0.25) is 0 Å². The van der Waals surface area contributed by atoms with Crippen LogP contribution < -0.4 is 5.32 Å². The number of benzene rings is 2. The average molecular weight is 499 g/mol. The Balaban J connectivity index is 1.84. The average Bonchev–Trinajstić information content (AvgIpc) is 3.16. The van der Waals surface area contributed by atoms with Crippen molar-refractivity contribution in [2.45, 2.75) is 6.92 Å². The summed E-state index contributed by atoms with van der Waals surface area (Å²) in [5.74, 6) is 0.271. The topological polar surface area (TPSA) is 109 Å². The molecule has 0 unspecified atom stereocenters.